The van der Waals surface area contributed by atoms with Crippen molar-refractivity contribution in [2.75, 3.05) is 13.2 Å². The van der Waals surface area contributed by atoms with Crippen LogP contribution in [0, 0.1) is 16.7 Å². The topological polar surface area (TPSA) is 263 Å². The van der Waals surface area contributed by atoms with Crippen LogP contribution in [0.5, 0.6) is 0 Å². The van der Waals surface area contributed by atoms with Crippen LogP contribution in [0.4, 0.5) is 0 Å². The molecule has 18 heteroatoms. The molecule has 3 aromatic rings. The van der Waals surface area contributed by atoms with E-state index >= 15 is 0 Å². The summed E-state index contributed by atoms with van der Waals surface area (Å²) in [7, 11) is 0. The highest BCUT2D eigenvalue weighted by atomic mass is 16.7. The molecule has 0 spiro atoms. The Bertz CT molecular complexity index is 2470. The van der Waals surface area contributed by atoms with Gasteiger partial charge in [0.1, 0.15) is 48.3 Å². The number of carbonyl (C=O) groups excluding carboxylic acids is 5. The fourth-order valence-electron chi connectivity index (χ4n) is 11.7. The highest BCUT2D eigenvalue weighted by molar-refractivity contribution is 5.95. The monoisotopic (exact) mass is 971 g/mol. The Morgan fingerprint density at radius 1 is 0.757 bits per heavy atom. The molecule has 2 saturated heterocycles. The van der Waals surface area contributed by atoms with E-state index < -0.39 is 138 Å². The maximum absolute atomic E-state index is 14.6. The smallest absolute Gasteiger partial charge is 0.338 e. The number of rotatable bonds is 12. The van der Waals surface area contributed by atoms with Gasteiger partial charge in [-0.25, -0.2) is 9.59 Å². The van der Waals surface area contributed by atoms with E-state index in [4.69, 9.17) is 33.2 Å². The zero-order valence-electron chi connectivity index (χ0n) is 39.8. The Morgan fingerprint density at radius 3 is 1.96 bits per heavy atom. The highest BCUT2D eigenvalue weighted by Crippen LogP contribution is 2.66. The number of hydrogen-bond donors (Lipinski definition) is 6. The number of ether oxygens (including phenoxy) is 7. The molecule has 3 aromatic carbocycles. The first-order valence-corrected chi connectivity index (χ1v) is 23.4. The largest absolute Gasteiger partial charge is 0.458 e. The van der Waals surface area contributed by atoms with Crippen LogP contribution in [-0.2, 0) is 47.5 Å². The summed E-state index contributed by atoms with van der Waals surface area (Å²) in [5.74, 6) is -5.44. The summed E-state index contributed by atoms with van der Waals surface area (Å²) in [6, 6.07) is 23.2. The molecule has 8 rings (SSSR count). The fraction of sp³-hybridized carbons (Fsp3) is 0.519. The predicted octanol–water partition coefficient (Wildman–Crippen LogP) is 3.02. The van der Waals surface area contributed by atoms with Crippen molar-refractivity contribution < 1.29 is 82.7 Å². The van der Waals surface area contributed by atoms with Crippen LogP contribution < -0.4 is 5.32 Å². The zero-order chi connectivity index (χ0) is 50.5. The van der Waals surface area contributed by atoms with Gasteiger partial charge in [-0.15, -0.1) is 0 Å². The third-order valence-corrected chi connectivity index (χ3v) is 15.3. The van der Waals surface area contributed by atoms with E-state index in [2.05, 4.69) is 5.32 Å². The minimum Gasteiger partial charge on any atom is -0.458 e. The van der Waals surface area contributed by atoms with Crippen LogP contribution in [0.15, 0.2) is 102 Å². The number of hydrogen-bond acceptors (Lipinski definition) is 17. The molecule has 4 fully saturated rings. The Hall–Kier alpha value is -5.57. The molecule has 3 aliphatic carbocycles. The second-order valence-electron chi connectivity index (χ2n) is 19.9. The number of aliphatic hydroxyl groups is 5. The standard InChI is InChI=1S/C52H61NO17/c1-27-34(67-47(62)41(58)39(30-16-10-7-11-17-30)53-45(60)31-18-12-8-13-19-31)24-52(63)44(69-46(61)32-20-14-9-15-21-32)43-50(6,23-35(66-28(2)54)38(27)49(52,4)5)36(22-37-51(43,26-65-37)70-29(3)55)68-48-42(59)40(57)33(56)25-64-48/h7-21,33-37,39-44,48,56-59,63H,22-26H2,1-6H3,(H,53,60)/t33-,34+,35+,36+,37-,39+,40+,41-,42-,43+,44+,48+,50-,51+,52-/m1/s1. The Kier molecular flexibility index (Phi) is 14.2. The van der Waals surface area contributed by atoms with E-state index in [9.17, 15) is 49.5 Å². The van der Waals surface area contributed by atoms with E-state index in [1.807, 2.05) is 0 Å². The molecular weight excluding hydrogens is 911 g/mol. The molecule has 70 heavy (non-hydrogen) atoms. The summed E-state index contributed by atoms with van der Waals surface area (Å²) in [4.78, 5) is 69.4. The first kappa shape index (κ1) is 50.8. The average molecular weight is 972 g/mol. The lowest BCUT2D eigenvalue weighted by Crippen LogP contribution is -2.80. The Balaban J connectivity index is 1.28. The zero-order valence-corrected chi connectivity index (χ0v) is 39.8. The molecule has 0 unspecified atom stereocenters. The molecule has 376 valence electrons. The molecule has 0 radical (unpaired) electrons. The van der Waals surface area contributed by atoms with E-state index in [1.54, 1.807) is 107 Å². The molecule has 15 atom stereocenters. The summed E-state index contributed by atoms with van der Waals surface area (Å²) < 4.78 is 43.9. The number of benzene rings is 3. The van der Waals surface area contributed by atoms with Gasteiger partial charge in [-0.1, -0.05) is 87.5 Å². The molecule has 6 N–H and O–H groups in total. The van der Waals surface area contributed by atoms with Gasteiger partial charge in [-0.2, -0.15) is 0 Å². The van der Waals surface area contributed by atoms with Gasteiger partial charge in [-0.3, -0.25) is 14.4 Å². The number of carbonyl (C=O) groups is 5. The third kappa shape index (κ3) is 9.04. The summed E-state index contributed by atoms with van der Waals surface area (Å²) in [6.07, 6.45) is -15.6. The number of aliphatic hydroxyl groups excluding tert-OH is 4. The van der Waals surface area contributed by atoms with Crippen molar-refractivity contribution in [2.24, 2.45) is 16.7 Å². The minimum atomic E-state index is -2.34. The molecule has 5 aliphatic rings. The number of amides is 1. The van der Waals surface area contributed by atoms with Crippen LogP contribution in [0.1, 0.15) is 93.1 Å². The van der Waals surface area contributed by atoms with E-state index in [0.717, 1.165) is 0 Å². The molecular formula is C52H61NO17. The second kappa shape index (κ2) is 19.6. The molecule has 18 nitrogen and oxygen atoms in total. The lowest BCUT2D eigenvalue weighted by molar-refractivity contribution is -0.374. The highest BCUT2D eigenvalue weighted by Gasteiger charge is 2.77. The van der Waals surface area contributed by atoms with Crippen molar-refractivity contribution >= 4 is 29.8 Å². The van der Waals surface area contributed by atoms with Crippen molar-refractivity contribution in [3.05, 3.63) is 119 Å². The molecule has 2 heterocycles. The lowest BCUT2D eigenvalue weighted by Gasteiger charge is -2.68. The maximum atomic E-state index is 14.6. The number of nitrogens with one attached hydrogen (secondary N) is 1. The Morgan fingerprint density at radius 2 is 1.37 bits per heavy atom. The maximum Gasteiger partial charge on any atom is 0.338 e. The SMILES string of the molecule is CC(=O)O[C@H]1C[C@]2(C)[C@@H](O[C@@H]3OC[C@@H](O)[C@H](O)[C@H]3O)C[C@H]3OC[C@@]3(OC(C)=O)[C@H]2[C@H](OC(=O)c2ccccc2)[C@]2(O)C[C@H](OC(=O)[C@H](O)[C@@H](NC(=O)c3ccccc3)c3ccccc3)C(C)=C1C2(C)C. The van der Waals surface area contributed by atoms with Crippen molar-refractivity contribution in [1.82, 2.24) is 5.32 Å². The van der Waals surface area contributed by atoms with Gasteiger partial charge in [-0.05, 0) is 54.3 Å². The summed E-state index contributed by atoms with van der Waals surface area (Å²) in [5, 5.41) is 61.0. The van der Waals surface area contributed by atoms with E-state index in [1.165, 1.54) is 26.0 Å². The molecule has 2 saturated carbocycles. The van der Waals surface area contributed by atoms with Crippen molar-refractivity contribution in [3.8, 4) is 0 Å². The van der Waals surface area contributed by atoms with Crippen LogP contribution in [-0.4, -0.2) is 141 Å². The number of esters is 4. The van der Waals surface area contributed by atoms with Crippen molar-refractivity contribution in [2.45, 2.75) is 139 Å². The summed E-state index contributed by atoms with van der Waals surface area (Å²) in [5.41, 5.74) is -5.69. The lowest BCUT2D eigenvalue weighted by atomic mass is 9.45. The quantitative estimate of drug-likeness (QED) is 0.0866. The first-order chi connectivity index (χ1) is 33.1. The Labute approximate surface area is 404 Å². The first-order valence-electron chi connectivity index (χ1n) is 23.4. The van der Waals surface area contributed by atoms with Crippen LogP contribution >= 0.6 is 0 Å². The van der Waals surface area contributed by atoms with Gasteiger partial charge < -0.3 is 64.0 Å². The predicted molar refractivity (Wildman–Crippen MR) is 244 cm³/mol. The van der Waals surface area contributed by atoms with Gasteiger partial charge in [0, 0.05) is 43.1 Å². The molecule has 2 bridgehead atoms. The van der Waals surface area contributed by atoms with Crippen molar-refractivity contribution in [1.29, 1.82) is 0 Å². The van der Waals surface area contributed by atoms with Crippen molar-refractivity contribution in [3.63, 3.8) is 0 Å². The minimum absolute atomic E-state index is 0.0426. The van der Waals surface area contributed by atoms with Crippen LogP contribution in [0.25, 0.3) is 0 Å². The average Bonchev–Trinajstić information content (AvgIpc) is 3.32. The molecule has 2 aliphatic heterocycles. The summed E-state index contributed by atoms with van der Waals surface area (Å²) >= 11 is 0. The normalized spacial score (nSPS) is 35.1. The van der Waals surface area contributed by atoms with E-state index in [-0.39, 0.29) is 36.1 Å². The summed E-state index contributed by atoms with van der Waals surface area (Å²) in [6.45, 7) is 8.48. The second-order valence-corrected chi connectivity index (χ2v) is 19.9. The number of fused-ring (bicyclic) bond motifs is 5. The molecule has 1 amide bonds. The van der Waals surface area contributed by atoms with Crippen LogP contribution in [0.2, 0.25) is 0 Å². The van der Waals surface area contributed by atoms with E-state index in [0.29, 0.717) is 11.1 Å². The van der Waals surface area contributed by atoms with Crippen LogP contribution in [0.3, 0.4) is 0 Å². The van der Waals surface area contributed by atoms with Gasteiger partial charge in [0.15, 0.2) is 18.0 Å². The van der Waals surface area contributed by atoms with Gasteiger partial charge in [0.25, 0.3) is 5.91 Å². The van der Waals surface area contributed by atoms with Gasteiger partial charge in [0.05, 0.1) is 36.8 Å². The van der Waals surface area contributed by atoms with Gasteiger partial charge in [0.2, 0.25) is 0 Å². The van der Waals surface area contributed by atoms with Gasteiger partial charge >= 0.3 is 23.9 Å². The fourth-order valence-corrected chi connectivity index (χ4v) is 11.7. The third-order valence-electron chi connectivity index (χ3n) is 15.3. The molecule has 0 aromatic heterocycles.